The fourth-order valence-electron chi connectivity index (χ4n) is 3.50. The Hall–Kier alpha value is -2.92. The quantitative estimate of drug-likeness (QED) is 0.546. The van der Waals surface area contributed by atoms with E-state index < -0.39 is 0 Å². The van der Waals surface area contributed by atoms with Crippen molar-refractivity contribution in [3.8, 4) is 0 Å². The maximum Gasteiger partial charge on any atom is 0.0605 e. The average Bonchev–Trinajstić information content (AvgIpc) is 2.90. The molecule has 1 atom stereocenters. The molecular weight excluding hydrogens is 382 g/mol. The Morgan fingerprint density at radius 2 is 2.03 bits per heavy atom. The molecule has 1 aliphatic rings. The molecule has 0 aromatic heterocycles. The zero-order chi connectivity index (χ0) is 20.8. The van der Waals surface area contributed by atoms with Crippen molar-refractivity contribution in [3.63, 3.8) is 0 Å². The van der Waals surface area contributed by atoms with Crippen LogP contribution in [-0.2, 0) is 0 Å². The first-order chi connectivity index (χ1) is 14.0. The molecule has 0 radical (unpaired) electrons. The van der Waals surface area contributed by atoms with Crippen LogP contribution in [0.5, 0.6) is 0 Å². The molecule has 1 heterocycles. The second-order valence-electron chi connectivity index (χ2n) is 7.03. The number of nitrogens with two attached hydrogens (primary N) is 2. The van der Waals surface area contributed by atoms with Gasteiger partial charge < -0.3 is 22.1 Å². The van der Waals surface area contributed by atoms with E-state index >= 15 is 0 Å². The topological polar surface area (TPSA) is 88.5 Å². The zero-order valence-electron chi connectivity index (χ0n) is 16.9. The van der Waals surface area contributed by atoms with Gasteiger partial charge in [0.05, 0.1) is 11.7 Å². The number of anilines is 1. The fraction of sp³-hybridized carbons (Fsp3) is 0.261. The summed E-state index contributed by atoms with van der Waals surface area (Å²) in [5, 5.41) is 7.85. The Balaban J connectivity index is 2.07. The normalized spacial score (nSPS) is 18.7. The fourth-order valence-corrected chi connectivity index (χ4v) is 3.63. The van der Waals surface area contributed by atoms with Crippen molar-refractivity contribution in [1.82, 2.24) is 5.32 Å². The van der Waals surface area contributed by atoms with Crippen molar-refractivity contribution in [1.29, 1.82) is 0 Å². The minimum atomic E-state index is 0.109. The van der Waals surface area contributed by atoms with Gasteiger partial charge in [-0.1, -0.05) is 23.7 Å². The van der Waals surface area contributed by atoms with Gasteiger partial charge in [0.1, 0.15) is 0 Å². The predicted octanol–water partition coefficient (Wildman–Crippen LogP) is 4.52. The molecule has 1 aliphatic heterocycles. The number of hydrogen-bond acceptors (Lipinski definition) is 5. The minimum Gasteiger partial charge on any atom is -0.404 e. The van der Waals surface area contributed by atoms with Crippen LogP contribution in [0.4, 0.5) is 5.69 Å². The molecule has 29 heavy (non-hydrogen) atoms. The second kappa shape index (κ2) is 9.52. The predicted molar refractivity (Wildman–Crippen MR) is 125 cm³/mol. The van der Waals surface area contributed by atoms with Crippen molar-refractivity contribution in [3.05, 3.63) is 76.1 Å². The highest BCUT2D eigenvalue weighted by atomic mass is 35.5. The number of fused-ring (bicyclic) bond motifs is 1. The highest BCUT2D eigenvalue weighted by molar-refractivity contribution is 6.30. The summed E-state index contributed by atoms with van der Waals surface area (Å²) in [6.07, 6.45) is 4.33. The van der Waals surface area contributed by atoms with Crippen molar-refractivity contribution in [2.75, 3.05) is 18.4 Å². The monoisotopic (exact) mass is 409 g/mol. The Labute approximate surface area is 177 Å². The molecule has 1 unspecified atom stereocenters. The molecule has 3 rings (SSSR count). The molecule has 0 spiro atoms. The summed E-state index contributed by atoms with van der Waals surface area (Å²) >= 11 is 6.04. The van der Waals surface area contributed by atoms with Gasteiger partial charge in [0, 0.05) is 53.0 Å². The molecule has 6 heteroatoms. The Morgan fingerprint density at radius 3 is 2.69 bits per heavy atom. The smallest absolute Gasteiger partial charge is 0.0605 e. The van der Waals surface area contributed by atoms with E-state index in [0.29, 0.717) is 6.54 Å². The lowest BCUT2D eigenvalue weighted by molar-refractivity contribution is 0.682. The summed E-state index contributed by atoms with van der Waals surface area (Å²) in [4.78, 5) is 4.35. The van der Waals surface area contributed by atoms with E-state index in [0.717, 1.165) is 51.8 Å². The third-order valence-electron chi connectivity index (χ3n) is 4.94. The van der Waals surface area contributed by atoms with Gasteiger partial charge in [0.15, 0.2) is 0 Å². The molecule has 152 valence electrons. The van der Waals surface area contributed by atoms with Crippen LogP contribution in [-0.4, -0.2) is 19.3 Å². The van der Waals surface area contributed by atoms with Crippen molar-refractivity contribution in [2.24, 2.45) is 16.5 Å². The lowest BCUT2D eigenvalue weighted by Crippen LogP contribution is -2.16. The van der Waals surface area contributed by atoms with Gasteiger partial charge >= 0.3 is 0 Å². The number of nitrogens with zero attached hydrogens (tertiary/aromatic N) is 1. The van der Waals surface area contributed by atoms with Crippen LogP contribution in [0, 0.1) is 0 Å². The van der Waals surface area contributed by atoms with Gasteiger partial charge in [0.2, 0.25) is 0 Å². The molecule has 0 bridgehead atoms. The van der Waals surface area contributed by atoms with E-state index in [1.165, 1.54) is 5.56 Å². The third kappa shape index (κ3) is 4.93. The van der Waals surface area contributed by atoms with Gasteiger partial charge in [-0.05, 0) is 61.7 Å². The van der Waals surface area contributed by atoms with Crippen LogP contribution in [0.2, 0.25) is 5.02 Å². The van der Waals surface area contributed by atoms with Crippen molar-refractivity contribution in [2.45, 2.75) is 26.3 Å². The number of allylic oxidation sites excluding steroid dienone is 2. The number of benzene rings is 2. The van der Waals surface area contributed by atoms with E-state index in [2.05, 4.69) is 33.8 Å². The highest BCUT2D eigenvalue weighted by Gasteiger charge is 2.23. The Kier molecular flexibility index (Phi) is 6.83. The molecule has 0 saturated carbocycles. The van der Waals surface area contributed by atoms with Gasteiger partial charge in [0.25, 0.3) is 0 Å². The van der Waals surface area contributed by atoms with Crippen LogP contribution in [0.3, 0.4) is 0 Å². The SMILES string of the molecule is CCN=CC(=CN)c1ccc2c(c1)C(Nc1ccc(Cl)cc1)CCN/C2=C(/C)N. The van der Waals surface area contributed by atoms with E-state index in [1.54, 1.807) is 6.20 Å². The van der Waals surface area contributed by atoms with Gasteiger partial charge in [-0.15, -0.1) is 0 Å². The first-order valence-corrected chi connectivity index (χ1v) is 10.2. The van der Waals surface area contributed by atoms with Crippen molar-refractivity contribution >= 4 is 34.8 Å². The van der Waals surface area contributed by atoms with E-state index in [9.17, 15) is 0 Å². The third-order valence-corrected chi connectivity index (χ3v) is 5.19. The summed E-state index contributed by atoms with van der Waals surface area (Å²) in [6, 6.07) is 14.2. The first-order valence-electron chi connectivity index (χ1n) is 9.82. The lowest BCUT2D eigenvalue weighted by atomic mass is 9.92. The standard InChI is InChI=1S/C23H28ClN5/c1-3-27-14-17(13-25)16-4-9-20-21(12-16)22(10-11-28-23(20)15(2)26)29-19-7-5-18(24)6-8-19/h4-9,12-14,22,28-29H,3,10-11,25-26H2,1-2H3/b17-13?,23-15-,27-14?. The maximum absolute atomic E-state index is 6.19. The first kappa shape index (κ1) is 20.8. The van der Waals surface area contributed by atoms with Crippen LogP contribution in [0.25, 0.3) is 11.3 Å². The molecule has 0 fully saturated rings. The van der Waals surface area contributed by atoms with Crippen LogP contribution < -0.4 is 22.1 Å². The number of nitrogens with one attached hydrogen (secondary N) is 2. The molecule has 2 aromatic carbocycles. The zero-order valence-corrected chi connectivity index (χ0v) is 17.6. The summed E-state index contributed by atoms with van der Waals surface area (Å²) in [7, 11) is 0. The highest BCUT2D eigenvalue weighted by Crippen LogP contribution is 2.34. The molecule has 6 N–H and O–H groups in total. The van der Waals surface area contributed by atoms with E-state index in [4.69, 9.17) is 23.1 Å². The van der Waals surface area contributed by atoms with Crippen molar-refractivity contribution < 1.29 is 0 Å². The Morgan fingerprint density at radius 1 is 1.28 bits per heavy atom. The van der Waals surface area contributed by atoms with Crippen LogP contribution >= 0.6 is 11.6 Å². The molecular formula is C23H28ClN5. The van der Waals surface area contributed by atoms with Gasteiger partial charge in [-0.25, -0.2) is 0 Å². The molecule has 0 aliphatic carbocycles. The number of aliphatic imine (C=N–C) groups is 1. The molecule has 0 saturated heterocycles. The molecule has 5 nitrogen and oxygen atoms in total. The maximum atomic E-state index is 6.19. The summed E-state index contributed by atoms with van der Waals surface area (Å²) in [6.45, 7) is 5.45. The summed E-state index contributed by atoms with van der Waals surface area (Å²) < 4.78 is 0. The summed E-state index contributed by atoms with van der Waals surface area (Å²) in [5.74, 6) is 0. The minimum absolute atomic E-state index is 0.109. The van der Waals surface area contributed by atoms with E-state index in [-0.39, 0.29) is 6.04 Å². The largest absolute Gasteiger partial charge is 0.404 e. The van der Waals surface area contributed by atoms with Gasteiger partial charge in [-0.3, -0.25) is 4.99 Å². The number of hydrogen-bond donors (Lipinski definition) is 4. The summed E-state index contributed by atoms with van der Waals surface area (Å²) in [5.41, 5.74) is 19.0. The number of rotatable bonds is 5. The lowest BCUT2D eigenvalue weighted by Gasteiger charge is -2.21. The molecule has 2 aromatic rings. The number of halogens is 1. The van der Waals surface area contributed by atoms with E-state index in [1.807, 2.05) is 44.3 Å². The van der Waals surface area contributed by atoms with Crippen LogP contribution in [0.1, 0.15) is 43.0 Å². The van der Waals surface area contributed by atoms with Crippen LogP contribution in [0.15, 0.2) is 59.4 Å². The Bertz CT molecular complexity index is 940. The average molecular weight is 410 g/mol. The molecule has 0 amide bonds. The van der Waals surface area contributed by atoms with Gasteiger partial charge in [-0.2, -0.15) is 0 Å². The second-order valence-corrected chi connectivity index (χ2v) is 7.47.